The number of nitrogens with two attached hydrogens (primary N) is 1. The molecule has 4 atom stereocenters. The number of aromatic amines is 1. The predicted octanol–water partition coefficient (Wildman–Crippen LogP) is 0.296. The summed E-state index contributed by atoms with van der Waals surface area (Å²) < 4.78 is 11.3. The Morgan fingerprint density at radius 2 is 2.04 bits per heavy atom. The molecule has 4 rings (SSSR count). The summed E-state index contributed by atoms with van der Waals surface area (Å²) in [6, 6.07) is 0.190. The Hall–Kier alpha value is -1.97. The van der Waals surface area contributed by atoms with Crippen molar-refractivity contribution in [1.82, 2.24) is 20.2 Å². The number of fused-ring (bicyclic) bond motifs is 1. The zero-order chi connectivity index (χ0) is 16.8. The van der Waals surface area contributed by atoms with Crippen LogP contribution in [0, 0.1) is 5.92 Å². The molecule has 2 aliphatic rings. The van der Waals surface area contributed by atoms with E-state index in [0.717, 1.165) is 12.8 Å². The quantitative estimate of drug-likeness (QED) is 0.625. The summed E-state index contributed by atoms with van der Waals surface area (Å²) in [6.45, 7) is 2.26. The fraction of sp³-hybridized carbons (Fsp3) is 0.667. The second-order valence-electron chi connectivity index (χ2n) is 6.58. The molecule has 1 unspecified atom stereocenters. The minimum atomic E-state index is -1.07. The second-order valence-corrected chi connectivity index (χ2v) is 6.58. The van der Waals surface area contributed by atoms with Gasteiger partial charge in [-0.2, -0.15) is 15.1 Å². The molecule has 0 aromatic carbocycles. The second kappa shape index (κ2) is 5.83. The molecule has 24 heavy (non-hydrogen) atoms. The molecule has 1 saturated carbocycles. The highest BCUT2D eigenvalue weighted by molar-refractivity contribution is 5.86. The summed E-state index contributed by atoms with van der Waals surface area (Å²) >= 11 is 0. The minimum Gasteiger partial charge on any atom is -0.463 e. The highest BCUT2D eigenvalue weighted by Crippen LogP contribution is 2.36. The lowest BCUT2D eigenvalue weighted by Crippen LogP contribution is -2.28. The zero-order valence-corrected chi connectivity index (χ0v) is 13.3. The van der Waals surface area contributed by atoms with Gasteiger partial charge in [0.2, 0.25) is 0 Å². The van der Waals surface area contributed by atoms with E-state index in [0.29, 0.717) is 29.3 Å². The molecule has 1 saturated heterocycles. The van der Waals surface area contributed by atoms with Crippen LogP contribution in [-0.4, -0.2) is 55.3 Å². The number of aromatic nitrogens is 4. The van der Waals surface area contributed by atoms with Crippen LogP contribution in [0.2, 0.25) is 0 Å². The van der Waals surface area contributed by atoms with Crippen LogP contribution in [0.4, 0.5) is 5.82 Å². The molecule has 2 aromatic heterocycles. The molecular formula is C15H21N5O4. The summed E-state index contributed by atoms with van der Waals surface area (Å²) in [5.41, 5.74) is 7.24. The van der Waals surface area contributed by atoms with Crippen molar-refractivity contribution < 1.29 is 19.7 Å². The zero-order valence-electron chi connectivity index (χ0n) is 13.3. The smallest absolute Gasteiger partial charge is 0.319 e. The molecule has 1 aliphatic heterocycles. The van der Waals surface area contributed by atoms with Crippen LogP contribution in [0.5, 0.6) is 6.01 Å². The van der Waals surface area contributed by atoms with Gasteiger partial charge in [-0.25, -0.2) is 0 Å². The molecule has 2 aromatic rings. The predicted molar refractivity (Wildman–Crippen MR) is 84.2 cm³/mol. The summed E-state index contributed by atoms with van der Waals surface area (Å²) in [5, 5.41) is 27.0. The van der Waals surface area contributed by atoms with Crippen LogP contribution < -0.4 is 10.5 Å². The van der Waals surface area contributed by atoms with Gasteiger partial charge in [0.1, 0.15) is 23.8 Å². The molecule has 0 spiro atoms. The van der Waals surface area contributed by atoms with E-state index >= 15 is 0 Å². The lowest BCUT2D eigenvalue weighted by Gasteiger charge is -2.24. The van der Waals surface area contributed by atoms with E-state index in [4.69, 9.17) is 15.2 Å². The maximum absolute atomic E-state index is 10.2. The van der Waals surface area contributed by atoms with Gasteiger partial charge < -0.3 is 25.4 Å². The number of nitrogens with one attached hydrogen (secondary N) is 1. The van der Waals surface area contributed by atoms with Crippen molar-refractivity contribution in [1.29, 1.82) is 0 Å². The van der Waals surface area contributed by atoms with E-state index in [1.54, 1.807) is 6.92 Å². The molecule has 5 N–H and O–H groups in total. The fourth-order valence-electron chi connectivity index (χ4n) is 3.12. The van der Waals surface area contributed by atoms with E-state index in [9.17, 15) is 10.2 Å². The van der Waals surface area contributed by atoms with Gasteiger partial charge in [0, 0.05) is 0 Å². The van der Waals surface area contributed by atoms with Crippen LogP contribution in [0.1, 0.15) is 38.0 Å². The first-order valence-corrected chi connectivity index (χ1v) is 8.20. The van der Waals surface area contributed by atoms with Crippen LogP contribution in [0.25, 0.3) is 11.0 Å². The van der Waals surface area contributed by atoms with Gasteiger partial charge in [0.25, 0.3) is 0 Å². The Labute approximate surface area is 138 Å². The summed E-state index contributed by atoms with van der Waals surface area (Å²) in [5.74, 6) is 0.748. The van der Waals surface area contributed by atoms with E-state index in [2.05, 4.69) is 20.2 Å². The van der Waals surface area contributed by atoms with Crippen LogP contribution >= 0.6 is 0 Å². The normalized spacial score (nSPS) is 30.6. The van der Waals surface area contributed by atoms with Gasteiger partial charge >= 0.3 is 6.01 Å². The van der Waals surface area contributed by atoms with E-state index in [1.165, 1.54) is 6.42 Å². The lowest BCUT2D eigenvalue weighted by molar-refractivity contribution is 0.0132. The van der Waals surface area contributed by atoms with Crippen molar-refractivity contribution in [2.75, 3.05) is 12.3 Å². The van der Waals surface area contributed by atoms with Crippen molar-refractivity contribution >= 4 is 16.9 Å². The Kier molecular flexibility index (Phi) is 3.78. The molecule has 9 heteroatoms. The number of H-pyrrole nitrogens is 1. The Morgan fingerprint density at radius 3 is 2.67 bits per heavy atom. The third kappa shape index (κ3) is 2.48. The van der Waals surface area contributed by atoms with Gasteiger partial charge in [0.05, 0.1) is 18.4 Å². The highest BCUT2D eigenvalue weighted by Gasteiger charge is 2.43. The maximum Gasteiger partial charge on any atom is 0.319 e. The third-order valence-electron chi connectivity index (χ3n) is 4.89. The number of nitrogen functional groups attached to an aromatic ring is 1. The average Bonchev–Trinajstić information content (AvgIpc) is 3.03. The Morgan fingerprint density at radius 1 is 1.25 bits per heavy atom. The molecule has 130 valence electrons. The number of rotatable bonds is 4. The summed E-state index contributed by atoms with van der Waals surface area (Å²) in [4.78, 5) is 8.51. The number of nitrogens with zero attached hydrogens (tertiary/aromatic N) is 3. The SMILES string of the molecule is C[C@H]1OC(c2[nH]nc3c(N)nc(OCC4CCC4)nc23)[C@H](O)[C@@H]1O. The molecule has 1 aliphatic carbocycles. The average molecular weight is 335 g/mol. The van der Waals surface area contributed by atoms with Crippen LogP contribution in [0.15, 0.2) is 0 Å². The maximum atomic E-state index is 10.2. The first kappa shape index (κ1) is 15.6. The van der Waals surface area contributed by atoms with Gasteiger partial charge in [-0.15, -0.1) is 0 Å². The minimum absolute atomic E-state index is 0.190. The number of hydrogen-bond donors (Lipinski definition) is 4. The molecule has 0 amide bonds. The van der Waals surface area contributed by atoms with Gasteiger partial charge in [-0.1, -0.05) is 6.42 Å². The molecule has 9 nitrogen and oxygen atoms in total. The number of aliphatic hydroxyl groups is 2. The van der Waals surface area contributed by atoms with Crippen molar-refractivity contribution in [2.45, 2.75) is 50.6 Å². The monoisotopic (exact) mass is 335 g/mol. The van der Waals surface area contributed by atoms with Gasteiger partial charge in [-0.05, 0) is 25.7 Å². The molecule has 3 heterocycles. The Balaban J connectivity index is 1.65. The molecule has 0 bridgehead atoms. The number of ether oxygens (including phenoxy) is 2. The van der Waals surface area contributed by atoms with Crippen molar-refractivity contribution in [2.24, 2.45) is 5.92 Å². The van der Waals surface area contributed by atoms with Crippen LogP contribution in [-0.2, 0) is 4.74 Å². The fourth-order valence-corrected chi connectivity index (χ4v) is 3.12. The first-order valence-electron chi connectivity index (χ1n) is 8.20. The highest BCUT2D eigenvalue weighted by atomic mass is 16.5. The Bertz CT molecular complexity index is 747. The molecular weight excluding hydrogens is 314 g/mol. The topological polar surface area (TPSA) is 139 Å². The van der Waals surface area contributed by atoms with E-state index < -0.39 is 24.4 Å². The van der Waals surface area contributed by atoms with E-state index in [1.807, 2.05) is 0 Å². The number of hydrogen-bond acceptors (Lipinski definition) is 8. The molecule has 0 radical (unpaired) electrons. The van der Waals surface area contributed by atoms with Gasteiger partial charge in [0.15, 0.2) is 11.3 Å². The standard InChI is InChI=1S/C15H21N5O4/c1-6-11(21)12(22)13(24-6)9-8-10(20-19-9)14(16)18-15(17-8)23-5-7-3-2-4-7/h6-7,11-13,21-22H,2-5H2,1H3,(H,19,20)(H2,16,17,18)/t6-,11-,12-,13?/m1/s1. The van der Waals surface area contributed by atoms with Gasteiger partial charge in [-0.3, -0.25) is 5.10 Å². The van der Waals surface area contributed by atoms with E-state index in [-0.39, 0.29) is 11.8 Å². The first-order chi connectivity index (χ1) is 11.5. The molecule has 2 fully saturated rings. The number of aliphatic hydroxyl groups excluding tert-OH is 2. The summed E-state index contributed by atoms with van der Waals surface area (Å²) in [7, 11) is 0. The lowest BCUT2D eigenvalue weighted by atomic mass is 9.86. The third-order valence-corrected chi connectivity index (χ3v) is 4.89. The van der Waals surface area contributed by atoms with Crippen molar-refractivity contribution in [3.05, 3.63) is 5.69 Å². The largest absolute Gasteiger partial charge is 0.463 e. The van der Waals surface area contributed by atoms with Crippen molar-refractivity contribution in [3.8, 4) is 6.01 Å². The van der Waals surface area contributed by atoms with Crippen LogP contribution in [0.3, 0.4) is 0 Å². The number of anilines is 1. The van der Waals surface area contributed by atoms with Crippen molar-refractivity contribution in [3.63, 3.8) is 0 Å². The summed E-state index contributed by atoms with van der Waals surface area (Å²) in [6.07, 6.45) is 0.269.